The molecular formula is C17H20ClF3N4O4S. The van der Waals surface area contributed by atoms with Gasteiger partial charge in [-0.2, -0.15) is 17.5 Å². The first-order valence-corrected chi connectivity index (χ1v) is 11.0. The van der Waals surface area contributed by atoms with Gasteiger partial charge in [0.15, 0.2) is 0 Å². The molecule has 166 valence electrons. The van der Waals surface area contributed by atoms with Gasteiger partial charge in [-0.15, -0.1) is 0 Å². The summed E-state index contributed by atoms with van der Waals surface area (Å²) in [5.74, 6) is -0.517. The minimum Gasteiger partial charge on any atom is -0.335 e. The Bertz CT molecular complexity index is 929. The summed E-state index contributed by atoms with van der Waals surface area (Å²) >= 11 is 5.55. The molecule has 1 saturated carbocycles. The van der Waals surface area contributed by atoms with Gasteiger partial charge < -0.3 is 5.32 Å². The monoisotopic (exact) mass is 468 g/mol. The molecule has 1 heterocycles. The SMILES string of the molecule is O=C(CN1CCN(S(=O)(=O)c2ccc(Cl)c(C(F)(F)F)c2)CC1)NC(=O)NC1CC1. The molecule has 2 N–H and O–H groups in total. The zero-order valence-electron chi connectivity index (χ0n) is 15.7. The smallest absolute Gasteiger partial charge is 0.335 e. The molecule has 30 heavy (non-hydrogen) atoms. The fourth-order valence-electron chi connectivity index (χ4n) is 2.98. The fraction of sp³-hybridized carbons (Fsp3) is 0.529. The standard InChI is InChI=1S/C17H20ClF3N4O4S/c18-14-4-3-12(9-13(14)17(19,20)21)30(28,29)25-7-5-24(6-8-25)10-15(26)23-16(27)22-11-1-2-11/h3-4,9,11H,1-2,5-8,10H2,(H2,22,23,26,27). The number of piperazine rings is 1. The molecule has 2 fully saturated rings. The number of carbonyl (C=O) groups excluding carboxylic acids is 2. The van der Waals surface area contributed by atoms with Crippen LogP contribution in [0, 0.1) is 0 Å². The van der Waals surface area contributed by atoms with E-state index in [-0.39, 0.29) is 38.8 Å². The number of imide groups is 1. The summed E-state index contributed by atoms with van der Waals surface area (Å²) in [6, 6.07) is 2.01. The van der Waals surface area contributed by atoms with Crippen molar-refractivity contribution >= 4 is 33.6 Å². The first-order chi connectivity index (χ1) is 14.0. The second kappa shape index (κ2) is 8.69. The molecule has 1 aromatic carbocycles. The maximum absolute atomic E-state index is 13.0. The third kappa shape index (κ3) is 5.62. The van der Waals surface area contributed by atoms with Gasteiger partial charge in [-0.3, -0.25) is 15.0 Å². The molecule has 3 rings (SSSR count). The van der Waals surface area contributed by atoms with E-state index in [1.165, 1.54) is 0 Å². The van der Waals surface area contributed by atoms with E-state index in [1.54, 1.807) is 4.90 Å². The number of hydrogen-bond donors (Lipinski definition) is 2. The van der Waals surface area contributed by atoms with E-state index >= 15 is 0 Å². The molecule has 13 heteroatoms. The third-order valence-electron chi connectivity index (χ3n) is 4.74. The molecule has 2 aliphatic rings. The summed E-state index contributed by atoms with van der Waals surface area (Å²) in [6.07, 6.45) is -3.01. The first-order valence-electron chi connectivity index (χ1n) is 9.16. The average Bonchev–Trinajstić information content (AvgIpc) is 3.45. The van der Waals surface area contributed by atoms with Crippen molar-refractivity contribution in [1.82, 2.24) is 19.8 Å². The van der Waals surface area contributed by atoms with Crippen molar-refractivity contribution in [3.05, 3.63) is 28.8 Å². The summed E-state index contributed by atoms with van der Waals surface area (Å²) < 4.78 is 65.6. The number of sulfonamides is 1. The van der Waals surface area contributed by atoms with Gasteiger partial charge in [0.2, 0.25) is 15.9 Å². The van der Waals surface area contributed by atoms with Crippen molar-refractivity contribution in [2.75, 3.05) is 32.7 Å². The van der Waals surface area contributed by atoms with E-state index in [2.05, 4.69) is 10.6 Å². The summed E-state index contributed by atoms with van der Waals surface area (Å²) in [5.41, 5.74) is -1.22. The molecule has 0 bridgehead atoms. The normalized spacial score (nSPS) is 18.8. The van der Waals surface area contributed by atoms with Gasteiger partial charge in [-0.05, 0) is 31.0 Å². The van der Waals surface area contributed by atoms with Crippen LogP contribution in [0.2, 0.25) is 5.02 Å². The van der Waals surface area contributed by atoms with Crippen LogP contribution in [0.5, 0.6) is 0 Å². The molecule has 0 spiro atoms. The molecule has 1 aliphatic heterocycles. The number of alkyl halides is 3. The van der Waals surface area contributed by atoms with Crippen molar-refractivity contribution in [2.24, 2.45) is 0 Å². The Balaban J connectivity index is 1.57. The van der Waals surface area contributed by atoms with Crippen LogP contribution in [0.1, 0.15) is 18.4 Å². The fourth-order valence-corrected chi connectivity index (χ4v) is 4.65. The van der Waals surface area contributed by atoms with E-state index in [0.717, 1.165) is 29.3 Å². The molecule has 0 radical (unpaired) electrons. The number of nitrogens with zero attached hydrogens (tertiary/aromatic N) is 2. The number of halogens is 4. The predicted octanol–water partition coefficient (Wildman–Crippen LogP) is 1.65. The van der Waals surface area contributed by atoms with E-state index in [9.17, 15) is 31.2 Å². The van der Waals surface area contributed by atoms with E-state index in [1.807, 2.05) is 0 Å². The number of nitrogens with one attached hydrogen (secondary N) is 2. The molecule has 0 unspecified atom stereocenters. The number of benzene rings is 1. The van der Waals surface area contributed by atoms with Crippen LogP contribution in [0.15, 0.2) is 23.1 Å². The Hall–Kier alpha value is -1.89. The Morgan fingerprint density at radius 3 is 2.33 bits per heavy atom. The molecule has 8 nitrogen and oxygen atoms in total. The number of amides is 3. The van der Waals surface area contributed by atoms with Crippen LogP contribution in [-0.4, -0.2) is 68.3 Å². The zero-order chi connectivity index (χ0) is 22.1. The first kappa shape index (κ1) is 22.8. The summed E-state index contributed by atoms with van der Waals surface area (Å²) in [5, 5.41) is 4.25. The second-order valence-corrected chi connectivity index (χ2v) is 9.46. The number of hydrogen-bond acceptors (Lipinski definition) is 5. The van der Waals surface area contributed by atoms with Gasteiger partial charge in [-0.1, -0.05) is 11.6 Å². The molecule has 0 aromatic heterocycles. The van der Waals surface area contributed by atoms with Gasteiger partial charge in [0, 0.05) is 32.2 Å². The molecule has 1 aromatic rings. The highest BCUT2D eigenvalue weighted by atomic mass is 35.5. The van der Waals surface area contributed by atoms with Crippen molar-refractivity contribution < 1.29 is 31.2 Å². The Morgan fingerprint density at radius 2 is 1.77 bits per heavy atom. The number of carbonyl (C=O) groups is 2. The second-order valence-electron chi connectivity index (χ2n) is 7.12. The topological polar surface area (TPSA) is 98.8 Å². The van der Waals surface area contributed by atoms with Crippen LogP contribution in [-0.2, 0) is 21.0 Å². The van der Waals surface area contributed by atoms with Gasteiger partial charge in [-0.25, -0.2) is 13.2 Å². The summed E-state index contributed by atoms with van der Waals surface area (Å²) in [4.78, 5) is 24.7. The van der Waals surface area contributed by atoms with E-state index in [4.69, 9.17) is 11.6 Å². The Labute approximate surface area is 176 Å². The van der Waals surface area contributed by atoms with Gasteiger partial charge in [0.25, 0.3) is 0 Å². The molecular weight excluding hydrogens is 449 g/mol. The largest absolute Gasteiger partial charge is 0.417 e. The number of rotatable bonds is 5. The minimum atomic E-state index is -4.78. The van der Waals surface area contributed by atoms with Crippen LogP contribution < -0.4 is 10.6 Å². The van der Waals surface area contributed by atoms with Crippen LogP contribution in [0.3, 0.4) is 0 Å². The van der Waals surface area contributed by atoms with Crippen molar-refractivity contribution in [3.8, 4) is 0 Å². The minimum absolute atomic E-state index is 0.00609. The Kier molecular flexibility index (Phi) is 6.60. The molecule has 0 atom stereocenters. The van der Waals surface area contributed by atoms with Crippen molar-refractivity contribution in [3.63, 3.8) is 0 Å². The van der Waals surface area contributed by atoms with E-state index in [0.29, 0.717) is 6.07 Å². The lowest BCUT2D eigenvalue weighted by Crippen LogP contribution is -2.52. The van der Waals surface area contributed by atoms with Crippen LogP contribution in [0.25, 0.3) is 0 Å². The van der Waals surface area contributed by atoms with Gasteiger partial charge in [0.05, 0.1) is 22.0 Å². The van der Waals surface area contributed by atoms with Crippen molar-refractivity contribution in [2.45, 2.75) is 30.0 Å². The third-order valence-corrected chi connectivity index (χ3v) is 6.97. The van der Waals surface area contributed by atoms with Gasteiger partial charge in [0.1, 0.15) is 0 Å². The van der Waals surface area contributed by atoms with E-state index < -0.39 is 43.6 Å². The lowest BCUT2D eigenvalue weighted by atomic mass is 10.2. The van der Waals surface area contributed by atoms with Crippen LogP contribution in [0.4, 0.5) is 18.0 Å². The predicted molar refractivity (Wildman–Crippen MR) is 101 cm³/mol. The quantitative estimate of drug-likeness (QED) is 0.684. The maximum atomic E-state index is 13.0. The highest BCUT2D eigenvalue weighted by molar-refractivity contribution is 7.89. The zero-order valence-corrected chi connectivity index (χ0v) is 17.3. The molecule has 1 aliphatic carbocycles. The van der Waals surface area contributed by atoms with Crippen LogP contribution >= 0.6 is 11.6 Å². The summed E-state index contributed by atoms with van der Waals surface area (Å²) in [6.45, 7) is 0.278. The highest BCUT2D eigenvalue weighted by Gasteiger charge is 2.36. The lowest BCUT2D eigenvalue weighted by molar-refractivity contribution is -0.137. The molecule has 3 amide bonds. The maximum Gasteiger partial charge on any atom is 0.417 e. The lowest BCUT2D eigenvalue weighted by Gasteiger charge is -2.33. The summed E-state index contributed by atoms with van der Waals surface area (Å²) in [7, 11) is -4.16. The van der Waals surface area contributed by atoms with Crippen molar-refractivity contribution in [1.29, 1.82) is 0 Å². The van der Waals surface area contributed by atoms with Gasteiger partial charge >= 0.3 is 12.2 Å². The Morgan fingerprint density at radius 1 is 1.13 bits per heavy atom. The highest BCUT2D eigenvalue weighted by Crippen LogP contribution is 2.36. The number of urea groups is 1. The average molecular weight is 469 g/mol. The molecule has 1 saturated heterocycles.